The molecule has 3 heterocycles. The van der Waals surface area contributed by atoms with Crippen LogP contribution in [0.3, 0.4) is 0 Å². The number of hydrogen-bond acceptors (Lipinski definition) is 6. The maximum Gasteiger partial charge on any atom is 0.183 e. The van der Waals surface area contributed by atoms with Crippen molar-refractivity contribution in [1.29, 1.82) is 0 Å². The molecule has 0 radical (unpaired) electrons. The van der Waals surface area contributed by atoms with E-state index in [1.165, 1.54) is 5.56 Å². The molecule has 2 aliphatic carbocycles. The first-order valence-electron chi connectivity index (χ1n) is 14.7. The van der Waals surface area contributed by atoms with E-state index >= 15 is 0 Å². The van der Waals surface area contributed by atoms with E-state index in [1.54, 1.807) is 0 Å². The normalized spacial score (nSPS) is 24.9. The molecule has 0 spiro atoms. The minimum absolute atomic E-state index is 0.194. The Labute approximate surface area is 232 Å². The van der Waals surface area contributed by atoms with E-state index in [4.69, 9.17) is 15.1 Å². The number of hydrogen-bond donors (Lipinski definition) is 2. The third-order valence-corrected chi connectivity index (χ3v) is 9.46. The molecule has 2 aromatic heterocycles. The molecule has 1 saturated heterocycles. The molecule has 208 valence electrons. The first-order valence-corrected chi connectivity index (χ1v) is 14.7. The van der Waals surface area contributed by atoms with E-state index in [9.17, 15) is 10.2 Å². The number of aliphatic hydroxyl groups is 2. The molecule has 1 atom stereocenters. The van der Waals surface area contributed by atoms with Gasteiger partial charge in [0.1, 0.15) is 11.4 Å². The van der Waals surface area contributed by atoms with Crippen LogP contribution in [-0.2, 0) is 5.60 Å². The van der Waals surface area contributed by atoms with Gasteiger partial charge in [-0.3, -0.25) is 4.98 Å². The lowest BCUT2D eigenvalue weighted by Crippen LogP contribution is -2.63. The number of aromatic nitrogens is 4. The van der Waals surface area contributed by atoms with Gasteiger partial charge in [0.2, 0.25) is 0 Å². The number of benzene rings is 1. The third-order valence-electron chi connectivity index (χ3n) is 9.46. The van der Waals surface area contributed by atoms with Crippen molar-refractivity contribution in [3.8, 4) is 11.4 Å². The van der Waals surface area contributed by atoms with Crippen molar-refractivity contribution in [3.63, 3.8) is 0 Å². The zero-order valence-corrected chi connectivity index (χ0v) is 24.1. The van der Waals surface area contributed by atoms with Crippen molar-refractivity contribution in [1.82, 2.24) is 24.6 Å². The molecule has 1 aliphatic heterocycles. The van der Waals surface area contributed by atoms with Crippen molar-refractivity contribution >= 4 is 0 Å². The predicted octanol–water partition coefficient (Wildman–Crippen LogP) is 5.31. The highest BCUT2D eigenvalue weighted by molar-refractivity contribution is 5.60. The van der Waals surface area contributed by atoms with Crippen LogP contribution in [0.4, 0.5) is 0 Å². The van der Waals surface area contributed by atoms with Gasteiger partial charge in [-0.2, -0.15) is 5.10 Å². The highest BCUT2D eigenvalue weighted by atomic mass is 16.3. The highest BCUT2D eigenvalue weighted by Gasteiger charge is 2.55. The molecule has 7 heteroatoms. The second kappa shape index (κ2) is 9.79. The van der Waals surface area contributed by atoms with Gasteiger partial charge in [-0.15, -0.1) is 0 Å². The van der Waals surface area contributed by atoms with Gasteiger partial charge >= 0.3 is 0 Å². The summed E-state index contributed by atoms with van der Waals surface area (Å²) in [5.74, 6) is 2.51. The van der Waals surface area contributed by atoms with Gasteiger partial charge in [-0.25, -0.2) is 9.67 Å². The van der Waals surface area contributed by atoms with E-state index in [0.29, 0.717) is 23.7 Å². The molecular formula is C32H43N5O2. The van der Waals surface area contributed by atoms with Crippen LogP contribution in [0.25, 0.3) is 11.4 Å². The average molecular weight is 530 g/mol. The zero-order valence-electron chi connectivity index (χ0n) is 24.1. The fourth-order valence-corrected chi connectivity index (χ4v) is 6.95. The topological polar surface area (TPSA) is 87.3 Å². The summed E-state index contributed by atoms with van der Waals surface area (Å²) in [6, 6.07) is 11.0. The summed E-state index contributed by atoms with van der Waals surface area (Å²) in [5.41, 5.74) is 3.15. The minimum atomic E-state index is -1.20. The molecule has 0 amide bonds. The molecule has 1 aromatic carbocycles. The molecule has 39 heavy (non-hydrogen) atoms. The van der Waals surface area contributed by atoms with E-state index in [1.807, 2.05) is 13.1 Å². The number of aryl methyl sites for hydroxylation is 1. The molecule has 0 bridgehead atoms. The summed E-state index contributed by atoms with van der Waals surface area (Å²) in [6.45, 7) is 10.2. The number of pyridine rings is 1. The van der Waals surface area contributed by atoms with Crippen LogP contribution in [0.2, 0.25) is 0 Å². The quantitative estimate of drug-likeness (QED) is 0.431. The number of rotatable bonds is 7. The van der Waals surface area contributed by atoms with Gasteiger partial charge in [-0.05, 0) is 75.6 Å². The molecule has 2 N–H and O–H groups in total. The van der Waals surface area contributed by atoms with Crippen LogP contribution in [0.15, 0.2) is 36.5 Å². The van der Waals surface area contributed by atoms with Gasteiger partial charge in [0.05, 0.1) is 12.1 Å². The molecule has 3 aromatic rings. The SMILES string of the molecule is Cc1ncc([C@@](O)(c2ccc(C(C)C)cc2)C2(C)CN(C)C2)cc1-c1nc([C@H]2CC[C@H](O)CC2)n(C2CC2)n1. The molecule has 0 unspecified atom stereocenters. The molecule has 7 nitrogen and oxygen atoms in total. The largest absolute Gasteiger partial charge is 0.393 e. The van der Waals surface area contributed by atoms with Crippen LogP contribution in [-0.4, -0.2) is 61.1 Å². The maximum atomic E-state index is 12.7. The predicted molar refractivity (Wildman–Crippen MR) is 153 cm³/mol. The van der Waals surface area contributed by atoms with E-state index in [-0.39, 0.29) is 11.5 Å². The first-order chi connectivity index (χ1) is 18.6. The monoisotopic (exact) mass is 529 g/mol. The Hall–Kier alpha value is -2.61. The van der Waals surface area contributed by atoms with Crippen molar-refractivity contribution in [3.05, 3.63) is 64.7 Å². The van der Waals surface area contributed by atoms with Crippen molar-refractivity contribution in [2.24, 2.45) is 5.41 Å². The van der Waals surface area contributed by atoms with Gasteiger partial charge < -0.3 is 15.1 Å². The lowest BCUT2D eigenvalue weighted by Gasteiger charge is -2.56. The molecule has 3 fully saturated rings. The first kappa shape index (κ1) is 26.6. The Bertz CT molecular complexity index is 1330. The molecule has 2 saturated carbocycles. The van der Waals surface area contributed by atoms with Crippen molar-refractivity contribution in [2.45, 2.75) is 95.8 Å². The Kier molecular flexibility index (Phi) is 6.68. The van der Waals surface area contributed by atoms with E-state index in [0.717, 1.165) is 79.8 Å². The summed E-state index contributed by atoms with van der Waals surface area (Å²) in [6.07, 6.45) is 7.47. The fourth-order valence-electron chi connectivity index (χ4n) is 6.95. The highest BCUT2D eigenvalue weighted by Crippen LogP contribution is 2.51. The molecule has 6 rings (SSSR count). The Morgan fingerprint density at radius 2 is 1.67 bits per heavy atom. The summed E-state index contributed by atoms with van der Waals surface area (Å²) in [4.78, 5) is 12.2. The maximum absolute atomic E-state index is 12.7. The van der Waals surface area contributed by atoms with Gasteiger partial charge in [-0.1, -0.05) is 45.0 Å². The summed E-state index contributed by atoms with van der Waals surface area (Å²) < 4.78 is 2.16. The zero-order chi connectivity index (χ0) is 27.5. The van der Waals surface area contributed by atoms with E-state index < -0.39 is 5.60 Å². The Morgan fingerprint density at radius 3 is 2.26 bits per heavy atom. The average Bonchev–Trinajstić information content (AvgIpc) is 3.66. The van der Waals surface area contributed by atoms with Crippen LogP contribution in [0, 0.1) is 12.3 Å². The van der Waals surface area contributed by atoms with Crippen molar-refractivity contribution < 1.29 is 10.2 Å². The fraction of sp³-hybridized carbons (Fsp3) is 0.594. The smallest absolute Gasteiger partial charge is 0.183 e. The Balaban J connectivity index is 1.43. The number of nitrogens with zero attached hydrogens (tertiary/aromatic N) is 5. The molecular weight excluding hydrogens is 486 g/mol. The third kappa shape index (κ3) is 4.62. The second-order valence-electron chi connectivity index (χ2n) is 13.1. The van der Waals surface area contributed by atoms with Gasteiger partial charge in [0.25, 0.3) is 0 Å². The summed E-state index contributed by atoms with van der Waals surface area (Å²) in [5, 5.41) is 27.8. The van der Waals surface area contributed by atoms with Gasteiger partial charge in [0, 0.05) is 47.4 Å². The van der Waals surface area contributed by atoms with Gasteiger partial charge in [0.15, 0.2) is 5.82 Å². The summed E-state index contributed by atoms with van der Waals surface area (Å²) in [7, 11) is 2.10. The van der Waals surface area contributed by atoms with Crippen LogP contribution in [0.5, 0.6) is 0 Å². The van der Waals surface area contributed by atoms with Crippen LogP contribution >= 0.6 is 0 Å². The summed E-state index contributed by atoms with van der Waals surface area (Å²) >= 11 is 0. The van der Waals surface area contributed by atoms with Crippen LogP contribution < -0.4 is 0 Å². The molecule has 3 aliphatic rings. The lowest BCUT2D eigenvalue weighted by atomic mass is 9.62. The standard InChI is InChI=1S/C32H43N5O2/c1-20(2)22-6-10-24(11-7-22)32(39,31(4)18-36(5)19-31)25-16-28(21(3)33-17-25)29-34-30(37(35-29)26-12-13-26)23-8-14-27(38)15-9-23/h6-7,10-11,16-17,20,23,26-27,38-39H,8-9,12-15,18-19H2,1-5H3/t23-,27-,32-/m0/s1. The minimum Gasteiger partial charge on any atom is -0.393 e. The lowest BCUT2D eigenvalue weighted by molar-refractivity contribution is -0.127. The number of likely N-dealkylation sites (tertiary alicyclic amines) is 1. The van der Waals surface area contributed by atoms with Crippen LogP contribution in [0.1, 0.15) is 105 Å². The van der Waals surface area contributed by atoms with Crippen molar-refractivity contribution in [2.75, 3.05) is 20.1 Å². The Morgan fingerprint density at radius 1 is 1.00 bits per heavy atom. The number of aliphatic hydroxyl groups excluding tert-OH is 1. The second-order valence-corrected chi connectivity index (χ2v) is 13.1. The van der Waals surface area contributed by atoms with E-state index in [2.05, 4.69) is 67.7 Å².